The van der Waals surface area contributed by atoms with Crippen LogP contribution >= 0.6 is 50.7 Å². The van der Waals surface area contributed by atoms with Crippen molar-refractivity contribution in [2.24, 2.45) is 0 Å². The lowest BCUT2D eigenvalue weighted by Crippen LogP contribution is -2.04. The van der Waals surface area contributed by atoms with Gasteiger partial charge in [-0.1, -0.05) is 68.9 Å². The number of phenols is 1. The lowest BCUT2D eigenvalue weighted by Gasteiger charge is -2.16. The maximum Gasteiger partial charge on any atom is 0.162 e. The number of benzene rings is 3. The number of anilines is 1. The molecule has 0 atom stereocenters. The molecule has 0 unspecified atom stereocenters. The molecule has 0 bridgehead atoms. The maximum absolute atomic E-state index is 9.70. The summed E-state index contributed by atoms with van der Waals surface area (Å²) in [6, 6.07) is 14.6. The van der Waals surface area contributed by atoms with Gasteiger partial charge < -0.3 is 19.9 Å². The highest BCUT2D eigenvalue weighted by Crippen LogP contribution is 2.37. The van der Waals surface area contributed by atoms with Crippen LogP contribution in [-0.4, -0.2) is 11.7 Å². The molecule has 4 nitrogen and oxygen atoms in total. The van der Waals surface area contributed by atoms with Crippen molar-refractivity contribution in [3.8, 4) is 17.2 Å². The largest absolute Gasteiger partial charge is 0.505 e. The van der Waals surface area contributed by atoms with Gasteiger partial charge in [0, 0.05) is 27.3 Å². The molecular formula is C22H19BrCl3NO3. The molecule has 158 valence electrons. The average molecular weight is 532 g/mol. The highest BCUT2D eigenvalue weighted by Gasteiger charge is 2.13. The number of rotatable bonds is 8. The zero-order valence-corrected chi connectivity index (χ0v) is 19.9. The first kappa shape index (κ1) is 22.9. The average Bonchev–Trinajstić information content (AvgIpc) is 2.72. The molecule has 3 aromatic carbocycles. The zero-order valence-electron chi connectivity index (χ0n) is 16.0. The van der Waals surface area contributed by atoms with Gasteiger partial charge in [0.05, 0.1) is 16.7 Å². The van der Waals surface area contributed by atoms with E-state index in [4.69, 9.17) is 44.3 Å². The fraction of sp³-hybridized carbons (Fsp3) is 0.182. The van der Waals surface area contributed by atoms with Gasteiger partial charge in [-0.05, 0) is 42.8 Å². The number of nitrogens with one attached hydrogen (secondary N) is 1. The predicted octanol–water partition coefficient (Wildman–Crippen LogP) is 7.70. The van der Waals surface area contributed by atoms with Gasteiger partial charge in [-0.15, -0.1) is 0 Å². The molecule has 0 saturated carbocycles. The third-order valence-corrected chi connectivity index (χ3v) is 5.94. The fourth-order valence-corrected chi connectivity index (χ4v) is 3.87. The maximum atomic E-state index is 9.70. The Hall–Kier alpha value is -1.79. The Bertz CT molecular complexity index is 1020. The van der Waals surface area contributed by atoms with Crippen LogP contribution in [0.25, 0.3) is 0 Å². The van der Waals surface area contributed by atoms with E-state index >= 15 is 0 Å². The monoisotopic (exact) mass is 529 g/mol. The standard InChI is InChI=1S/C22H19BrCl3NO3/c1-2-29-20-7-14(11-27-15-8-18(25)22(28)19(26)9-15)16(23)10-21(20)30-12-13-5-3-4-6-17(13)24/h3-10,27-28H,2,11-12H2,1H3. The van der Waals surface area contributed by atoms with Crippen molar-refractivity contribution in [2.75, 3.05) is 11.9 Å². The van der Waals surface area contributed by atoms with Crippen LogP contribution in [0.15, 0.2) is 53.0 Å². The molecule has 0 amide bonds. The molecule has 0 aliphatic heterocycles. The van der Waals surface area contributed by atoms with Crippen molar-refractivity contribution in [3.63, 3.8) is 0 Å². The van der Waals surface area contributed by atoms with E-state index in [1.165, 1.54) is 0 Å². The Balaban J connectivity index is 1.78. The molecule has 2 N–H and O–H groups in total. The molecule has 0 aliphatic rings. The number of hydrogen-bond acceptors (Lipinski definition) is 4. The van der Waals surface area contributed by atoms with Gasteiger partial charge in [0.25, 0.3) is 0 Å². The number of halogens is 4. The molecule has 0 aliphatic carbocycles. The second-order valence-electron chi connectivity index (χ2n) is 6.35. The van der Waals surface area contributed by atoms with Gasteiger partial charge >= 0.3 is 0 Å². The summed E-state index contributed by atoms with van der Waals surface area (Å²) in [5.41, 5.74) is 2.53. The zero-order chi connectivity index (χ0) is 21.7. The molecule has 8 heteroatoms. The first-order valence-electron chi connectivity index (χ1n) is 9.12. The van der Waals surface area contributed by atoms with E-state index in [0.29, 0.717) is 42.0 Å². The molecule has 0 fully saturated rings. The summed E-state index contributed by atoms with van der Waals surface area (Å²) in [7, 11) is 0. The molecule has 0 heterocycles. The summed E-state index contributed by atoms with van der Waals surface area (Å²) in [6.07, 6.45) is 0. The van der Waals surface area contributed by atoms with Crippen LogP contribution in [0.3, 0.4) is 0 Å². The second-order valence-corrected chi connectivity index (χ2v) is 8.42. The minimum atomic E-state index is -0.135. The molecule has 3 rings (SSSR count). The van der Waals surface area contributed by atoms with Crippen LogP contribution in [0, 0.1) is 0 Å². The first-order chi connectivity index (χ1) is 14.4. The van der Waals surface area contributed by atoms with Crippen LogP contribution in [0.1, 0.15) is 18.1 Å². The Morgan fingerprint density at radius 1 is 0.900 bits per heavy atom. The predicted molar refractivity (Wildman–Crippen MR) is 127 cm³/mol. The fourth-order valence-electron chi connectivity index (χ4n) is 2.73. The smallest absolute Gasteiger partial charge is 0.162 e. The van der Waals surface area contributed by atoms with Crippen LogP contribution in [0.5, 0.6) is 17.2 Å². The van der Waals surface area contributed by atoms with Gasteiger partial charge in [0.15, 0.2) is 17.2 Å². The van der Waals surface area contributed by atoms with E-state index in [9.17, 15) is 5.11 Å². The van der Waals surface area contributed by atoms with Crippen LogP contribution < -0.4 is 14.8 Å². The van der Waals surface area contributed by atoms with Gasteiger partial charge in [-0.25, -0.2) is 0 Å². The van der Waals surface area contributed by atoms with E-state index in [-0.39, 0.29) is 15.8 Å². The van der Waals surface area contributed by atoms with Crippen molar-refractivity contribution >= 4 is 56.4 Å². The Morgan fingerprint density at radius 3 is 2.23 bits per heavy atom. The third kappa shape index (κ3) is 5.67. The van der Waals surface area contributed by atoms with E-state index in [0.717, 1.165) is 15.6 Å². The number of hydrogen-bond donors (Lipinski definition) is 2. The topological polar surface area (TPSA) is 50.7 Å². The molecule has 0 aromatic heterocycles. The van der Waals surface area contributed by atoms with Crippen LogP contribution in [0.4, 0.5) is 5.69 Å². The minimum Gasteiger partial charge on any atom is -0.505 e. The highest BCUT2D eigenvalue weighted by molar-refractivity contribution is 9.10. The van der Waals surface area contributed by atoms with Crippen molar-refractivity contribution in [3.05, 3.63) is 79.2 Å². The van der Waals surface area contributed by atoms with Gasteiger partial charge in [0.1, 0.15) is 6.61 Å². The molecule has 3 aromatic rings. The van der Waals surface area contributed by atoms with Gasteiger partial charge in [-0.3, -0.25) is 0 Å². The lowest BCUT2D eigenvalue weighted by atomic mass is 10.2. The molecule has 0 radical (unpaired) electrons. The van der Waals surface area contributed by atoms with E-state index in [2.05, 4.69) is 21.2 Å². The van der Waals surface area contributed by atoms with Crippen molar-refractivity contribution in [1.29, 1.82) is 0 Å². The highest BCUT2D eigenvalue weighted by atomic mass is 79.9. The quantitative estimate of drug-likeness (QED) is 0.293. The van der Waals surface area contributed by atoms with Crippen LogP contribution in [0.2, 0.25) is 15.1 Å². The van der Waals surface area contributed by atoms with Crippen molar-refractivity contribution in [2.45, 2.75) is 20.1 Å². The summed E-state index contributed by atoms with van der Waals surface area (Å²) < 4.78 is 12.6. The molecule has 30 heavy (non-hydrogen) atoms. The second kappa shape index (κ2) is 10.5. The Kier molecular flexibility index (Phi) is 8.00. The molecule has 0 spiro atoms. The third-order valence-electron chi connectivity index (χ3n) is 4.25. The summed E-state index contributed by atoms with van der Waals surface area (Å²) in [4.78, 5) is 0. The summed E-state index contributed by atoms with van der Waals surface area (Å²) in [5.74, 6) is 1.11. The minimum absolute atomic E-state index is 0.135. The summed E-state index contributed by atoms with van der Waals surface area (Å²) >= 11 is 21.8. The number of ether oxygens (including phenoxy) is 2. The molecular weight excluding hydrogens is 513 g/mol. The van der Waals surface area contributed by atoms with Crippen LogP contribution in [-0.2, 0) is 13.2 Å². The SMILES string of the molecule is CCOc1cc(CNc2cc(Cl)c(O)c(Cl)c2)c(Br)cc1OCc1ccccc1Cl. The van der Waals surface area contributed by atoms with Gasteiger partial charge in [-0.2, -0.15) is 0 Å². The lowest BCUT2D eigenvalue weighted by molar-refractivity contribution is 0.269. The number of aromatic hydroxyl groups is 1. The normalized spacial score (nSPS) is 10.7. The van der Waals surface area contributed by atoms with Crippen molar-refractivity contribution < 1.29 is 14.6 Å². The Labute approximate surface area is 198 Å². The first-order valence-corrected chi connectivity index (χ1v) is 11.0. The van der Waals surface area contributed by atoms with E-state index in [1.54, 1.807) is 12.1 Å². The van der Waals surface area contributed by atoms with Crippen molar-refractivity contribution in [1.82, 2.24) is 0 Å². The number of phenolic OH excluding ortho intramolecular Hbond substituents is 1. The van der Waals surface area contributed by atoms with E-state index < -0.39 is 0 Å². The van der Waals surface area contributed by atoms with E-state index in [1.807, 2.05) is 43.3 Å². The summed E-state index contributed by atoms with van der Waals surface area (Å²) in [6.45, 7) is 3.22. The van der Waals surface area contributed by atoms with Gasteiger partial charge in [0.2, 0.25) is 0 Å². The Morgan fingerprint density at radius 2 is 1.57 bits per heavy atom. The molecule has 0 saturated heterocycles. The summed E-state index contributed by atoms with van der Waals surface area (Å²) in [5, 5.41) is 14.0.